The predicted molar refractivity (Wildman–Crippen MR) is 46.2 cm³/mol. The molecule has 0 radical (unpaired) electrons. The topological polar surface area (TPSA) is 17.1 Å². The number of carbonyl (C=O) groups is 1. The summed E-state index contributed by atoms with van der Waals surface area (Å²) in [5, 5.41) is 0. The van der Waals surface area contributed by atoms with Gasteiger partial charge in [0.25, 0.3) is 0 Å². The zero-order chi connectivity index (χ0) is 11.6. The summed E-state index contributed by atoms with van der Waals surface area (Å²) < 4.78 is 48.9. The highest BCUT2D eigenvalue weighted by atomic mass is 19.4. The molecule has 0 bridgehead atoms. The maximum absolute atomic E-state index is 13.1. The van der Waals surface area contributed by atoms with E-state index in [4.69, 9.17) is 0 Å². The summed E-state index contributed by atoms with van der Waals surface area (Å²) in [6, 6.07) is 2.91. The van der Waals surface area contributed by atoms with E-state index in [1.54, 1.807) is 0 Å². The smallest absolute Gasteiger partial charge is 0.294 e. The first kappa shape index (κ1) is 11.7. The molecule has 1 aromatic rings. The molecule has 0 saturated carbocycles. The molecule has 1 aromatic carbocycles. The summed E-state index contributed by atoms with van der Waals surface area (Å²) in [7, 11) is 0. The summed E-state index contributed by atoms with van der Waals surface area (Å²) in [5.74, 6) is -1.42. The van der Waals surface area contributed by atoms with E-state index in [2.05, 4.69) is 0 Å². The zero-order valence-electron chi connectivity index (χ0n) is 7.86. The van der Waals surface area contributed by atoms with Crippen LogP contribution in [0.2, 0.25) is 0 Å². The fraction of sp³-hybridized carbons (Fsp3) is 0.300. The zero-order valence-corrected chi connectivity index (χ0v) is 7.86. The van der Waals surface area contributed by atoms with Crippen molar-refractivity contribution < 1.29 is 22.4 Å². The van der Waals surface area contributed by atoms with Gasteiger partial charge in [0.1, 0.15) is 5.82 Å². The van der Waals surface area contributed by atoms with Gasteiger partial charge in [-0.15, -0.1) is 0 Å². The molecule has 0 N–H and O–H groups in total. The third kappa shape index (κ3) is 3.34. The third-order valence-corrected chi connectivity index (χ3v) is 1.82. The van der Waals surface area contributed by atoms with E-state index in [0.29, 0.717) is 0 Å². The Kier molecular flexibility index (Phi) is 3.12. The van der Waals surface area contributed by atoms with E-state index in [1.165, 1.54) is 0 Å². The van der Waals surface area contributed by atoms with E-state index < -0.39 is 24.2 Å². The van der Waals surface area contributed by atoms with Crippen LogP contribution in [0.15, 0.2) is 18.2 Å². The standard InChI is InChI=1S/C10H8F4O/c1-6(15)8-3-2-7(4-9(8)11)5-10(12,13)14/h2-4H,5H2,1H3. The number of rotatable bonds is 2. The van der Waals surface area contributed by atoms with Crippen molar-refractivity contribution in [2.45, 2.75) is 19.5 Å². The van der Waals surface area contributed by atoms with Gasteiger partial charge in [0.2, 0.25) is 0 Å². The SMILES string of the molecule is CC(=O)c1ccc(CC(F)(F)F)cc1F. The van der Waals surface area contributed by atoms with Gasteiger partial charge < -0.3 is 0 Å². The van der Waals surface area contributed by atoms with Crippen LogP contribution < -0.4 is 0 Å². The molecule has 0 spiro atoms. The quantitative estimate of drug-likeness (QED) is 0.552. The second-order valence-electron chi connectivity index (χ2n) is 3.16. The van der Waals surface area contributed by atoms with Crippen molar-refractivity contribution in [3.8, 4) is 0 Å². The predicted octanol–water partition coefficient (Wildman–Crippen LogP) is 3.13. The van der Waals surface area contributed by atoms with Gasteiger partial charge >= 0.3 is 6.18 Å². The first-order valence-corrected chi connectivity index (χ1v) is 4.16. The number of hydrogen-bond acceptors (Lipinski definition) is 1. The molecule has 0 atom stereocenters. The highest BCUT2D eigenvalue weighted by Gasteiger charge is 2.27. The third-order valence-electron chi connectivity index (χ3n) is 1.82. The number of ketones is 1. The summed E-state index contributed by atoms with van der Waals surface area (Å²) >= 11 is 0. The molecule has 0 aliphatic rings. The lowest BCUT2D eigenvalue weighted by molar-refractivity contribution is -0.127. The van der Waals surface area contributed by atoms with Crippen molar-refractivity contribution >= 4 is 5.78 Å². The van der Waals surface area contributed by atoms with Crippen LogP contribution in [0, 0.1) is 5.82 Å². The van der Waals surface area contributed by atoms with Crippen LogP contribution in [-0.4, -0.2) is 12.0 Å². The molecule has 0 aliphatic carbocycles. The van der Waals surface area contributed by atoms with Crippen molar-refractivity contribution in [3.05, 3.63) is 35.1 Å². The Morgan fingerprint density at radius 3 is 2.33 bits per heavy atom. The van der Waals surface area contributed by atoms with Gasteiger partial charge in [-0.1, -0.05) is 6.07 Å². The lowest BCUT2D eigenvalue weighted by atomic mass is 10.1. The summed E-state index contributed by atoms with van der Waals surface area (Å²) in [6.07, 6.45) is -5.56. The van der Waals surface area contributed by atoms with Crippen molar-refractivity contribution in [3.63, 3.8) is 0 Å². The second-order valence-corrected chi connectivity index (χ2v) is 3.16. The Bertz CT molecular complexity index is 381. The van der Waals surface area contributed by atoms with Crippen LogP contribution in [0.1, 0.15) is 22.8 Å². The van der Waals surface area contributed by atoms with E-state index in [-0.39, 0.29) is 11.1 Å². The number of benzene rings is 1. The van der Waals surface area contributed by atoms with Crippen LogP contribution in [0.4, 0.5) is 17.6 Å². The molecule has 0 saturated heterocycles. The van der Waals surface area contributed by atoms with Gasteiger partial charge in [-0.3, -0.25) is 4.79 Å². The van der Waals surface area contributed by atoms with Gasteiger partial charge in [-0.05, 0) is 24.6 Å². The highest BCUT2D eigenvalue weighted by molar-refractivity contribution is 5.94. The minimum Gasteiger partial charge on any atom is -0.294 e. The molecule has 0 heterocycles. The van der Waals surface area contributed by atoms with Gasteiger partial charge in [-0.25, -0.2) is 4.39 Å². The van der Waals surface area contributed by atoms with Gasteiger partial charge in [0, 0.05) is 0 Å². The molecule has 82 valence electrons. The van der Waals surface area contributed by atoms with Crippen molar-refractivity contribution in [1.29, 1.82) is 0 Å². The molecule has 0 unspecified atom stereocenters. The van der Waals surface area contributed by atoms with Gasteiger partial charge in [-0.2, -0.15) is 13.2 Å². The first-order valence-electron chi connectivity index (χ1n) is 4.16. The van der Waals surface area contributed by atoms with Gasteiger partial charge in [0.15, 0.2) is 5.78 Å². The Morgan fingerprint density at radius 2 is 1.93 bits per heavy atom. The molecule has 0 aliphatic heterocycles. The maximum Gasteiger partial charge on any atom is 0.393 e. The minimum atomic E-state index is -4.37. The number of halogens is 4. The summed E-state index contributed by atoms with van der Waals surface area (Å²) in [5.41, 5.74) is -0.383. The molecule has 0 fully saturated rings. The van der Waals surface area contributed by atoms with Crippen molar-refractivity contribution in [2.75, 3.05) is 0 Å². The number of hydrogen-bond donors (Lipinski definition) is 0. The Morgan fingerprint density at radius 1 is 1.33 bits per heavy atom. The number of alkyl halides is 3. The molecule has 5 heteroatoms. The average molecular weight is 220 g/mol. The Labute approximate surface area is 83.7 Å². The maximum atomic E-state index is 13.1. The van der Waals surface area contributed by atoms with Crippen molar-refractivity contribution in [1.82, 2.24) is 0 Å². The summed E-state index contributed by atoms with van der Waals surface area (Å²) in [6.45, 7) is 1.15. The molecule has 1 rings (SSSR count). The largest absolute Gasteiger partial charge is 0.393 e. The fourth-order valence-corrected chi connectivity index (χ4v) is 1.19. The molecular formula is C10H8F4O. The minimum absolute atomic E-state index is 0.190. The lowest BCUT2D eigenvalue weighted by Gasteiger charge is -2.07. The van der Waals surface area contributed by atoms with Crippen molar-refractivity contribution in [2.24, 2.45) is 0 Å². The molecule has 1 nitrogen and oxygen atoms in total. The molecule has 0 aromatic heterocycles. The van der Waals surface area contributed by atoms with Crippen LogP contribution in [0.25, 0.3) is 0 Å². The highest BCUT2D eigenvalue weighted by Crippen LogP contribution is 2.22. The Hall–Kier alpha value is -1.39. The fourth-order valence-electron chi connectivity index (χ4n) is 1.19. The second kappa shape index (κ2) is 4.00. The van der Waals surface area contributed by atoms with E-state index >= 15 is 0 Å². The van der Waals surface area contributed by atoms with Crippen LogP contribution in [-0.2, 0) is 6.42 Å². The van der Waals surface area contributed by atoms with Crippen LogP contribution in [0.5, 0.6) is 0 Å². The lowest BCUT2D eigenvalue weighted by Crippen LogP contribution is -2.12. The first-order chi connectivity index (χ1) is 6.79. The van der Waals surface area contributed by atoms with Crippen LogP contribution in [0.3, 0.4) is 0 Å². The van der Waals surface area contributed by atoms with E-state index in [9.17, 15) is 22.4 Å². The number of carbonyl (C=O) groups excluding carboxylic acids is 1. The normalized spacial score (nSPS) is 11.5. The van der Waals surface area contributed by atoms with E-state index in [0.717, 1.165) is 25.1 Å². The Balaban J connectivity index is 2.97. The van der Waals surface area contributed by atoms with Crippen LogP contribution >= 0.6 is 0 Å². The monoisotopic (exact) mass is 220 g/mol. The average Bonchev–Trinajstić information content (AvgIpc) is 1.99. The van der Waals surface area contributed by atoms with E-state index in [1.807, 2.05) is 0 Å². The molecule has 15 heavy (non-hydrogen) atoms. The summed E-state index contributed by atoms with van der Waals surface area (Å²) in [4.78, 5) is 10.8. The molecular weight excluding hydrogens is 212 g/mol. The number of Topliss-reactive ketones (excluding diaryl/α,β-unsaturated/α-hetero) is 1. The van der Waals surface area contributed by atoms with Gasteiger partial charge in [0.05, 0.1) is 12.0 Å². The molecule has 0 amide bonds.